The number of ether oxygens (including phenoxy) is 1. The standard InChI is InChI=1S/C13H15N3O2/c1-10-4-5-14-13(15-10)16-6-8-18-12(9-16)11-3-2-7-17-11/h2-5,7,12H,6,8-9H2,1H3. The van der Waals surface area contributed by atoms with Gasteiger partial charge in [0.05, 0.1) is 19.4 Å². The molecule has 3 heterocycles. The number of aryl methyl sites for hydroxylation is 1. The second-order valence-electron chi connectivity index (χ2n) is 4.32. The van der Waals surface area contributed by atoms with E-state index >= 15 is 0 Å². The molecule has 0 N–H and O–H groups in total. The van der Waals surface area contributed by atoms with Crippen LogP contribution in [-0.2, 0) is 4.74 Å². The summed E-state index contributed by atoms with van der Waals surface area (Å²) >= 11 is 0. The molecule has 1 aliphatic heterocycles. The number of morpholine rings is 1. The van der Waals surface area contributed by atoms with Crippen molar-refractivity contribution in [1.82, 2.24) is 9.97 Å². The summed E-state index contributed by atoms with van der Waals surface area (Å²) in [7, 11) is 0. The van der Waals surface area contributed by atoms with Crippen LogP contribution in [0.15, 0.2) is 35.1 Å². The summed E-state index contributed by atoms with van der Waals surface area (Å²) in [6.07, 6.45) is 3.41. The van der Waals surface area contributed by atoms with Crippen LogP contribution in [-0.4, -0.2) is 29.7 Å². The average molecular weight is 245 g/mol. The first-order valence-corrected chi connectivity index (χ1v) is 6.02. The molecular weight excluding hydrogens is 230 g/mol. The van der Waals surface area contributed by atoms with Crippen molar-refractivity contribution >= 4 is 5.95 Å². The van der Waals surface area contributed by atoms with Crippen LogP contribution < -0.4 is 4.90 Å². The van der Waals surface area contributed by atoms with Gasteiger partial charge in [0.2, 0.25) is 5.95 Å². The predicted octanol–water partition coefficient (Wildman–Crippen LogP) is 1.96. The molecule has 0 aliphatic carbocycles. The smallest absolute Gasteiger partial charge is 0.225 e. The van der Waals surface area contributed by atoms with Crippen LogP contribution in [0.4, 0.5) is 5.95 Å². The molecule has 0 amide bonds. The largest absolute Gasteiger partial charge is 0.467 e. The zero-order valence-corrected chi connectivity index (χ0v) is 10.2. The maximum absolute atomic E-state index is 5.71. The summed E-state index contributed by atoms with van der Waals surface area (Å²) in [5, 5.41) is 0. The van der Waals surface area contributed by atoms with Gasteiger partial charge in [-0.05, 0) is 25.1 Å². The highest BCUT2D eigenvalue weighted by molar-refractivity contribution is 5.31. The van der Waals surface area contributed by atoms with E-state index in [1.165, 1.54) is 0 Å². The number of aromatic nitrogens is 2. The number of hydrogen-bond donors (Lipinski definition) is 0. The molecule has 0 radical (unpaired) electrons. The molecule has 3 rings (SSSR count). The van der Waals surface area contributed by atoms with Gasteiger partial charge in [-0.1, -0.05) is 0 Å². The van der Waals surface area contributed by atoms with Gasteiger partial charge in [0.25, 0.3) is 0 Å². The van der Waals surface area contributed by atoms with Gasteiger partial charge in [-0.3, -0.25) is 0 Å². The molecule has 5 heteroatoms. The van der Waals surface area contributed by atoms with E-state index in [4.69, 9.17) is 9.15 Å². The van der Waals surface area contributed by atoms with E-state index in [0.717, 1.165) is 30.5 Å². The van der Waals surface area contributed by atoms with E-state index < -0.39 is 0 Å². The minimum atomic E-state index is -0.0436. The molecule has 5 nitrogen and oxygen atoms in total. The second-order valence-corrected chi connectivity index (χ2v) is 4.32. The SMILES string of the molecule is Cc1ccnc(N2CCOC(c3ccco3)C2)n1. The van der Waals surface area contributed by atoms with Gasteiger partial charge >= 0.3 is 0 Å². The van der Waals surface area contributed by atoms with E-state index in [0.29, 0.717) is 6.61 Å². The Morgan fingerprint density at radius 2 is 2.33 bits per heavy atom. The summed E-state index contributed by atoms with van der Waals surface area (Å²) in [4.78, 5) is 10.9. The molecule has 2 aromatic heterocycles. The first kappa shape index (κ1) is 11.2. The van der Waals surface area contributed by atoms with Crippen molar-refractivity contribution in [2.24, 2.45) is 0 Å². The Balaban J connectivity index is 1.78. The van der Waals surface area contributed by atoms with E-state index in [1.807, 2.05) is 25.1 Å². The van der Waals surface area contributed by atoms with Crippen molar-refractivity contribution in [3.05, 3.63) is 42.1 Å². The third kappa shape index (κ3) is 2.22. The van der Waals surface area contributed by atoms with Crippen LogP contribution >= 0.6 is 0 Å². The summed E-state index contributed by atoms with van der Waals surface area (Å²) in [6.45, 7) is 4.15. The van der Waals surface area contributed by atoms with Crippen LogP contribution in [0.25, 0.3) is 0 Å². The molecule has 1 atom stereocenters. The van der Waals surface area contributed by atoms with Gasteiger partial charge < -0.3 is 14.1 Å². The molecule has 1 aliphatic rings. The highest BCUT2D eigenvalue weighted by Gasteiger charge is 2.25. The predicted molar refractivity (Wildman–Crippen MR) is 66.4 cm³/mol. The second kappa shape index (κ2) is 4.78. The highest BCUT2D eigenvalue weighted by Crippen LogP contribution is 2.24. The van der Waals surface area contributed by atoms with Crippen LogP contribution in [0.3, 0.4) is 0 Å². The topological polar surface area (TPSA) is 51.4 Å². The van der Waals surface area contributed by atoms with Gasteiger partial charge in [-0.25, -0.2) is 9.97 Å². The number of hydrogen-bond acceptors (Lipinski definition) is 5. The Bertz CT molecular complexity index is 513. The third-order valence-electron chi connectivity index (χ3n) is 2.99. The zero-order valence-electron chi connectivity index (χ0n) is 10.2. The molecule has 1 saturated heterocycles. The summed E-state index contributed by atoms with van der Waals surface area (Å²) in [5.74, 6) is 1.61. The van der Waals surface area contributed by atoms with Crippen molar-refractivity contribution < 1.29 is 9.15 Å². The lowest BCUT2D eigenvalue weighted by Crippen LogP contribution is -2.39. The van der Waals surface area contributed by atoms with E-state index in [9.17, 15) is 0 Å². The van der Waals surface area contributed by atoms with Crippen molar-refractivity contribution in [1.29, 1.82) is 0 Å². The molecular formula is C13H15N3O2. The van der Waals surface area contributed by atoms with Gasteiger partial charge in [-0.15, -0.1) is 0 Å². The first-order chi connectivity index (χ1) is 8.83. The zero-order chi connectivity index (χ0) is 12.4. The van der Waals surface area contributed by atoms with E-state index in [1.54, 1.807) is 12.5 Å². The molecule has 94 valence electrons. The number of nitrogens with zero attached hydrogens (tertiary/aromatic N) is 3. The maximum atomic E-state index is 5.71. The summed E-state index contributed by atoms with van der Waals surface area (Å²) < 4.78 is 11.1. The minimum absolute atomic E-state index is 0.0436. The Hall–Kier alpha value is -1.88. The molecule has 0 aromatic carbocycles. The molecule has 18 heavy (non-hydrogen) atoms. The lowest BCUT2D eigenvalue weighted by molar-refractivity contribution is 0.0252. The fraction of sp³-hybridized carbons (Fsp3) is 0.385. The maximum Gasteiger partial charge on any atom is 0.225 e. The van der Waals surface area contributed by atoms with Gasteiger partial charge in [0.1, 0.15) is 11.9 Å². The van der Waals surface area contributed by atoms with Gasteiger partial charge in [0, 0.05) is 18.4 Å². The van der Waals surface area contributed by atoms with E-state index in [-0.39, 0.29) is 6.10 Å². The molecule has 1 fully saturated rings. The Morgan fingerprint density at radius 1 is 1.39 bits per heavy atom. The van der Waals surface area contributed by atoms with Crippen LogP contribution in [0.5, 0.6) is 0 Å². The first-order valence-electron chi connectivity index (χ1n) is 6.02. The Labute approximate surface area is 105 Å². The van der Waals surface area contributed by atoms with Gasteiger partial charge in [0.15, 0.2) is 0 Å². The lowest BCUT2D eigenvalue weighted by Gasteiger charge is -2.31. The minimum Gasteiger partial charge on any atom is -0.467 e. The molecule has 0 bridgehead atoms. The Morgan fingerprint density at radius 3 is 3.11 bits per heavy atom. The van der Waals surface area contributed by atoms with Crippen LogP contribution in [0, 0.1) is 6.92 Å². The lowest BCUT2D eigenvalue weighted by atomic mass is 10.2. The highest BCUT2D eigenvalue weighted by atomic mass is 16.5. The van der Waals surface area contributed by atoms with Crippen molar-refractivity contribution in [2.75, 3.05) is 24.6 Å². The molecule has 0 saturated carbocycles. The molecule has 0 spiro atoms. The normalized spacial score (nSPS) is 20.1. The number of rotatable bonds is 2. The summed E-state index contributed by atoms with van der Waals surface area (Å²) in [6, 6.07) is 5.71. The van der Waals surface area contributed by atoms with Crippen LogP contribution in [0.2, 0.25) is 0 Å². The number of furan rings is 1. The van der Waals surface area contributed by atoms with Crippen molar-refractivity contribution in [2.45, 2.75) is 13.0 Å². The Kier molecular flexibility index (Phi) is 2.98. The molecule has 2 aromatic rings. The van der Waals surface area contributed by atoms with E-state index in [2.05, 4.69) is 14.9 Å². The summed E-state index contributed by atoms with van der Waals surface area (Å²) in [5.41, 5.74) is 0.973. The average Bonchev–Trinajstić information content (AvgIpc) is 2.93. The number of anilines is 1. The third-order valence-corrected chi connectivity index (χ3v) is 2.99. The molecule has 1 unspecified atom stereocenters. The van der Waals surface area contributed by atoms with Gasteiger partial charge in [-0.2, -0.15) is 0 Å². The fourth-order valence-electron chi connectivity index (χ4n) is 2.07. The fourth-order valence-corrected chi connectivity index (χ4v) is 2.07. The van der Waals surface area contributed by atoms with Crippen molar-refractivity contribution in [3.8, 4) is 0 Å². The van der Waals surface area contributed by atoms with Crippen LogP contribution in [0.1, 0.15) is 17.6 Å². The monoisotopic (exact) mass is 245 g/mol. The van der Waals surface area contributed by atoms with Crippen molar-refractivity contribution in [3.63, 3.8) is 0 Å². The quantitative estimate of drug-likeness (QED) is 0.809.